The number of methoxy groups -OCH3 is 1. The molecule has 1 fully saturated rings. The summed E-state index contributed by atoms with van der Waals surface area (Å²) in [4.78, 5) is 0. The topological polar surface area (TPSA) is 58.9 Å². The Morgan fingerprint density at radius 2 is 1.90 bits per heavy atom. The molecule has 1 aliphatic carbocycles. The number of ether oxygens (including phenoxy) is 2. The van der Waals surface area contributed by atoms with Crippen molar-refractivity contribution in [3.05, 3.63) is 63.7 Å². The quantitative estimate of drug-likeness (QED) is 0.750. The van der Waals surface area contributed by atoms with Crippen LogP contribution in [0, 0.1) is 6.92 Å². The third-order valence-electron chi connectivity index (χ3n) is 6.77. The SMILES string of the molecule is BC(B)(c1ccc2c(c1)CC2)c1cc(C2CC(O)CC(CO)O2)c(OC)cc1C. The van der Waals surface area contributed by atoms with E-state index in [1.165, 1.54) is 40.7 Å². The lowest BCUT2D eigenvalue weighted by molar-refractivity contribution is -0.114. The van der Waals surface area contributed by atoms with Crippen molar-refractivity contribution >= 4 is 15.7 Å². The number of aliphatic hydroxyl groups is 2. The molecular formula is C23H30B2O4. The van der Waals surface area contributed by atoms with Crippen LogP contribution in [-0.4, -0.2) is 51.8 Å². The number of aliphatic hydroxyl groups excluding tert-OH is 2. The van der Waals surface area contributed by atoms with Crippen molar-refractivity contribution in [2.75, 3.05) is 13.7 Å². The second-order valence-electron chi connectivity index (χ2n) is 9.07. The molecular weight excluding hydrogens is 362 g/mol. The molecule has 0 bridgehead atoms. The molecule has 1 saturated heterocycles. The Bertz CT molecular complexity index is 912. The zero-order valence-electron chi connectivity index (χ0n) is 17.9. The predicted molar refractivity (Wildman–Crippen MR) is 119 cm³/mol. The molecule has 4 rings (SSSR count). The molecule has 2 aliphatic rings. The highest BCUT2D eigenvalue weighted by Gasteiger charge is 2.33. The summed E-state index contributed by atoms with van der Waals surface area (Å²) < 4.78 is 11.8. The van der Waals surface area contributed by atoms with Crippen molar-refractivity contribution in [3.63, 3.8) is 0 Å². The van der Waals surface area contributed by atoms with Crippen LogP contribution in [-0.2, 0) is 22.8 Å². The monoisotopic (exact) mass is 392 g/mol. The van der Waals surface area contributed by atoms with Gasteiger partial charge in [0.1, 0.15) is 21.4 Å². The van der Waals surface area contributed by atoms with Crippen molar-refractivity contribution in [1.82, 2.24) is 0 Å². The van der Waals surface area contributed by atoms with Gasteiger partial charge in [-0.3, -0.25) is 0 Å². The molecule has 4 nitrogen and oxygen atoms in total. The Morgan fingerprint density at radius 1 is 1.14 bits per heavy atom. The minimum atomic E-state index is -0.485. The van der Waals surface area contributed by atoms with Gasteiger partial charge < -0.3 is 19.7 Å². The lowest BCUT2D eigenvalue weighted by atomic mass is 9.47. The van der Waals surface area contributed by atoms with Gasteiger partial charge in [0.2, 0.25) is 0 Å². The first kappa shape index (κ1) is 20.5. The number of fused-ring (bicyclic) bond motifs is 1. The molecule has 3 atom stereocenters. The molecule has 6 heteroatoms. The van der Waals surface area contributed by atoms with Crippen molar-refractivity contribution in [2.45, 2.75) is 56.1 Å². The zero-order valence-corrected chi connectivity index (χ0v) is 17.9. The molecule has 0 amide bonds. The number of benzene rings is 2. The summed E-state index contributed by atoms with van der Waals surface area (Å²) >= 11 is 0. The van der Waals surface area contributed by atoms with E-state index in [2.05, 4.69) is 52.9 Å². The van der Waals surface area contributed by atoms with E-state index in [1.54, 1.807) is 7.11 Å². The van der Waals surface area contributed by atoms with Gasteiger partial charge in [-0.05, 0) is 59.4 Å². The second kappa shape index (κ2) is 7.82. The summed E-state index contributed by atoms with van der Waals surface area (Å²) in [6, 6.07) is 11.1. The van der Waals surface area contributed by atoms with Crippen molar-refractivity contribution in [2.24, 2.45) is 0 Å². The van der Waals surface area contributed by atoms with Crippen molar-refractivity contribution in [1.29, 1.82) is 0 Å². The molecule has 1 aliphatic heterocycles. The van der Waals surface area contributed by atoms with E-state index in [0.717, 1.165) is 11.3 Å². The Labute approximate surface area is 175 Å². The minimum absolute atomic E-state index is 0.0881. The molecule has 0 aromatic heterocycles. The molecule has 1 heterocycles. The predicted octanol–water partition coefficient (Wildman–Crippen LogP) is 1.14. The van der Waals surface area contributed by atoms with Gasteiger partial charge in [0, 0.05) is 18.4 Å². The molecule has 2 aromatic carbocycles. The largest absolute Gasteiger partial charge is 0.496 e. The lowest BCUT2D eigenvalue weighted by Crippen LogP contribution is -2.34. The van der Waals surface area contributed by atoms with Crippen molar-refractivity contribution < 1.29 is 19.7 Å². The van der Waals surface area contributed by atoms with Crippen LogP contribution in [0.3, 0.4) is 0 Å². The fourth-order valence-electron chi connectivity index (χ4n) is 4.85. The van der Waals surface area contributed by atoms with Gasteiger partial charge in [-0.2, -0.15) is 0 Å². The fourth-order valence-corrected chi connectivity index (χ4v) is 4.85. The maximum absolute atomic E-state index is 10.3. The highest BCUT2D eigenvalue weighted by atomic mass is 16.5. The summed E-state index contributed by atoms with van der Waals surface area (Å²) in [5, 5.41) is 19.7. The molecule has 0 radical (unpaired) electrons. The standard InChI is InChI=1S/C23H30B2O4/c1-13-7-21(28-2)19(22-10-17(27)9-18(12-26)29-22)11-20(13)23(24,25)16-6-5-14-3-4-15(14)8-16/h5-8,11,17-18,22,26-27H,3-4,9-10,12,24-25H2,1-2H3. The first-order chi connectivity index (χ1) is 13.8. The van der Waals surface area contributed by atoms with Crippen LogP contribution in [0.25, 0.3) is 0 Å². The van der Waals surface area contributed by atoms with Crippen LogP contribution in [0.4, 0.5) is 0 Å². The third kappa shape index (κ3) is 3.74. The average Bonchev–Trinajstić information content (AvgIpc) is 2.67. The molecule has 0 saturated carbocycles. The number of rotatable bonds is 5. The van der Waals surface area contributed by atoms with Crippen LogP contribution in [0.1, 0.15) is 52.3 Å². The Balaban J connectivity index is 1.76. The first-order valence-corrected chi connectivity index (χ1v) is 10.6. The van der Waals surface area contributed by atoms with E-state index in [-0.39, 0.29) is 24.0 Å². The third-order valence-corrected chi connectivity index (χ3v) is 6.77. The van der Waals surface area contributed by atoms with Gasteiger partial charge in [0.15, 0.2) is 0 Å². The molecule has 152 valence electrons. The number of hydrogen-bond donors (Lipinski definition) is 2. The molecule has 3 unspecified atom stereocenters. The Morgan fingerprint density at radius 3 is 2.52 bits per heavy atom. The Hall–Kier alpha value is -1.75. The van der Waals surface area contributed by atoms with Crippen LogP contribution < -0.4 is 4.74 Å². The van der Waals surface area contributed by atoms with E-state index in [4.69, 9.17) is 9.47 Å². The van der Waals surface area contributed by atoms with Gasteiger partial charge >= 0.3 is 0 Å². The molecule has 2 N–H and O–H groups in total. The normalized spacial score (nSPS) is 23.9. The maximum atomic E-state index is 10.3. The van der Waals surface area contributed by atoms with E-state index >= 15 is 0 Å². The maximum Gasteiger partial charge on any atom is 0.124 e. The van der Waals surface area contributed by atoms with E-state index in [0.29, 0.717) is 12.8 Å². The average molecular weight is 392 g/mol. The van der Waals surface area contributed by atoms with Gasteiger partial charge in [0.05, 0.1) is 32.0 Å². The van der Waals surface area contributed by atoms with Gasteiger partial charge in [-0.25, -0.2) is 0 Å². The fraction of sp³-hybridized carbons (Fsp3) is 0.478. The molecule has 2 aromatic rings. The van der Waals surface area contributed by atoms with Gasteiger partial charge in [-0.15, -0.1) is 0 Å². The summed E-state index contributed by atoms with van der Waals surface area (Å²) in [5.41, 5.74) is 7.60. The second-order valence-corrected chi connectivity index (χ2v) is 9.07. The van der Waals surface area contributed by atoms with E-state index in [1.807, 2.05) is 0 Å². The minimum Gasteiger partial charge on any atom is -0.496 e. The number of hydrogen-bond acceptors (Lipinski definition) is 4. The van der Waals surface area contributed by atoms with Gasteiger partial charge in [0.25, 0.3) is 0 Å². The van der Waals surface area contributed by atoms with E-state index in [9.17, 15) is 10.2 Å². The summed E-state index contributed by atoms with van der Waals surface area (Å²) in [6.07, 6.45) is 2.21. The van der Waals surface area contributed by atoms with E-state index < -0.39 is 6.10 Å². The van der Waals surface area contributed by atoms with Crippen LogP contribution in [0.15, 0.2) is 30.3 Å². The van der Waals surface area contributed by atoms with Crippen molar-refractivity contribution in [3.8, 4) is 5.75 Å². The Kier molecular flexibility index (Phi) is 5.54. The molecule has 29 heavy (non-hydrogen) atoms. The van der Waals surface area contributed by atoms with Crippen LogP contribution in [0.5, 0.6) is 5.75 Å². The molecule has 0 spiro atoms. The number of aryl methyl sites for hydroxylation is 3. The van der Waals surface area contributed by atoms with Crippen LogP contribution in [0.2, 0.25) is 0 Å². The summed E-state index contributed by atoms with van der Waals surface area (Å²) in [6.45, 7) is 2.03. The highest BCUT2D eigenvalue weighted by Crippen LogP contribution is 2.41. The summed E-state index contributed by atoms with van der Waals surface area (Å²) in [5.74, 6) is 0.773. The summed E-state index contributed by atoms with van der Waals surface area (Å²) in [7, 11) is 6.20. The zero-order chi connectivity index (χ0) is 20.8. The van der Waals surface area contributed by atoms with Gasteiger partial charge in [-0.1, -0.05) is 23.8 Å². The smallest absolute Gasteiger partial charge is 0.124 e. The first-order valence-electron chi connectivity index (χ1n) is 10.6. The lowest BCUT2D eigenvalue weighted by Gasteiger charge is -2.35. The van der Waals surface area contributed by atoms with Crippen LogP contribution >= 0.6 is 0 Å². The highest BCUT2D eigenvalue weighted by molar-refractivity contribution is 6.42.